The number of carbonyl (C=O) groups excluding carboxylic acids is 2. The van der Waals surface area contributed by atoms with Crippen molar-refractivity contribution < 1.29 is 19.1 Å². The SMILES string of the molecule is COc1ccccc1C(=O)NC[C@H]1COCCN1C(=O)c1nc(-c2ccc(C)cc2)cs1. The van der Waals surface area contributed by atoms with Crippen LogP contribution < -0.4 is 10.1 Å². The number of benzene rings is 2. The van der Waals surface area contributed by atoms with E-state index in [1.54, 1.807) is 23.1 Å². The summed E-state index contributed by atoms with van der Waals surface area (Å²) in [5.41, 5.74) is 3.39. The smallest absolute Gasteiger partial charge is 0.283 e. The van der Waals surface area contributed by atoms with Gasteiger partial charge < -0.3 is 19.7 Å². The van der Waals surface area contributed by atoms with Gasteiger partial charge in [0.1, 0.15) is 5.75 Å². The van der Waals surface area contributed by atoms with Crippen LogP contribution in [0.15, 0.2) is 53.9 Å². The predicted octanol–water partition coefficient (Wildman–Crippen LogP) is 3.40. The van der Waals surface area contributed by atoms with Gasteiger partial charge in [-0.15, -0.1) is 11.3 Å². The number of thiazole rings is 1. The first-order valence-corrected chi connectivity index (χ1v) is 11.3. The van der Waals surface area contributed by atoms with Crippen molar-refractivity contribution in [2.24, 2.45) is 0 Å². The van der Waals surface area contributed by atoms with E-state index in [4.69, 9.17) is 9.47 Å². The van der Waals surface area contributed by atoms with Crippen LogP contribution in [0.2, 0.25) is 0 Å². The Morgan fingerprint density at radius 2 is 2.00 bits per heavy atom. The van der Waals surface area contributed by atoms with E-state index in [1.165, 1.54) is 24.0 Å². The Morgan fingerprint density at radius 1 is 1.22 bits per heavy atom. The average Bonchev–Trinajstić information content (AvgIpc) is 3.33. The largest absolute Gasteiger partial charge is 0.496 e. The lowest BCUT2D eigenvalue weighted by molar-refractivity contribution is -0.00131. The third-order valence-electron chi connectivity index (χ3n) is 5.37. The van der Waals surface area contributed by atoms with Gasteiger partial charge in [-0.05, 0) is 19.1 Å². The Morgan fingerprint density at radius 3 is 2.78 bits per heavy atom. The van der Waals surface area contributed by atoms with Gasteiger partial charge in [0.25, 0.3) is 11.8 Å². The van der Waals surface area contributed by atoms with Crippen LogP contribution in [0, 0.1) is 6.92 Å². The number of aromatic nitrogens is 1. The van der Waals surface area contributed by atoms with Crippen LogP contribution in [-0.2, 0) is 4.74 Å². The van der Waals surface area contributed by atoms with Crippen molar-refractivity contribution in [1.82, 2.24) is 15.2 Å². The fraction of sp³-hybridized carbons (Fsp3) is 0.292. The van der Waals surface area contributed by atoms with Gasteiger partial charge in [0.05, 0.1) is 37.6 Å². The molecule has 0 bridgehead atoms. The van der Waals surface area contributed by atoms with Crippen molar-refractivity contribution in [3.05, 3.63) is 70.0 Å². The van der Waals surface area contributed by atoms with E-state index in [9.17, 15) is 9.59 Å². The van der Waals surface area contributed by atoms with Gasteiger partial charge in [-0.1, -0.05) is 42.0 Å². The van der Waals surface area contributed by atoms with Gasteiger partial charge in [-0.3, -0.25) is 9.59 Å². The molecule has 0 spiro atoms. The summed E-state index contributed by atoms with van der Waals surface area (Å²) in [6.07, 6.45) is 0. The molecule has 1 fully saturated rings. The summed E-state index contributed by atoms with van der Waals surface area (Å²) >= 11 is 1.33. The Bertz CT molecular complexity index is 1100. The summed E-state index contributed by atoms with van der Waals surface area (Å²) in [4.78, 5) is 32.2. The molecule has 1 N–H and O–H groups in total. The maximum atomic E-state index is 13.2. The molecular formula is C24H25N3O4S. The standard InChI is InChI=1S/C24H25N3O4S/c1-16-7-9-17(10-8-16)20-15-32-23(26-20)24(29)27-11-12-31-14-18(27)13-25-22(28)19-5-3-4-6-21(19)30-2/h3-10,15,18H,11-14H2,1-2H3,(H,25,28)/t18-/m0/s1. The highest BCUT2D eigenvalue weighted by molar-refractivity contribution is 7.12. The molecule has 1 aliphatic heterocycles. The van der Waals surface area contributed by atoms with Gasteiger partial charge in [0.2, 0.25) is 0 Å². The minimum Gasteiger partial charge on any atom is -0.496 e. The lowest BCUT2D eigenvalue weighted by Gasteiger charge is -2.35. The molecule has 0 saturated carbocycles. The molecule has 2 heterocycles. The molecule has 1 aromatic heterocycles. The monoisotopic (exact) mass is 451 g/mol. The lowest BCUT2D eigenvalue weighted by Crippen LogP contribution is -2.53. The normalized spacial score (nSPS) is 15.9. The molecule has 7 nitrogen and oxygen atoms in total. The Labute approximate surface area is 191 Å². The molecule has 1 saturated heterocycles. The van der Waals surface area contributed by atoms with Crippen molar-refractivity contribution in [2.75, 3.05) is 33.4 Å². The van der Waals surface area contributed by atoms with Crippen molar-refractivity contribution in [2.45, 2.75) is 13.0 Å². The summed E-state index contributed by atoms with van der Waals surface area (Å²) in [6, 6.07) is 14.8. The molecule has 1 aliphatic rings. The molecule has 1 atom stereocenters. The molecule has 4 rings (SSSR count). The highest BCUT2D eigenvalue weighted by Crippen LogP contribution is 2.24. The van der Waals surface area contributed by atoms with E-state index in [-0.39, 0.29) is 24.4 Å². The van der Waals surface area contributed by atoms with Crippen molar-refractivity contribution >= 4 is 23.2 Å². The zero-order valence-corrected chi connectivity index (χ0v) is 18.9. The number of aryl methyl sites for hydroxylation is 1. The molecule has 2 aromatic carbocycles. The molecule has 32 heavy (non-hydrogen) atoms. The van der Waals surface area contributed by atoms with Gasteiger partial charge in [-0.2, -0.15) is 0 Å². The number of morpholine rings is 1. The van der Waals surface area contributed by atoms with Crippen molar-refractivity contribution in [1.29, 1.82) is 0 Å². The van der Waals surface area contributed by atoms with E-state index < -0.39 is 0 Å². The van der Waals surface area contributed by atoms with Crippen LogP contribution in [0.3, 0.4) is 0 Å². The topological polar surface area (TPSA) is 80.8 Å². The highest BCUT2D eigenvalue weighted by Gasteiger charge is 2.30. The van der Waals surface area contributed by atoms with E-state index >= 15 is 0 Å². The fourth-order valence-corrected chi connectivity index (χ4v) is 4.36. The molecule has 2 amide bonds. The van der Waals surface area contributed by atoms with E-state index in [0.717, 1.165) is 11.3 Å². The maximum Gasteiger partial charge on any atom is 0.283 e. The Balaban J connectivity index is 1.44. The summed E-state index contributed by atoms with van der Waals surface area (Å²) < 4.78 is 10.8. The van der Waals surface area contributed by atoms with Crippen LogP contribution in [-0.4, -0.2) is 61.2 Å². The summed E-state index contributed by atoms with van der Waals surface area (Å²) in [6.45, 7) is 3.57. The first-order valence-electron chi connectivity index (χ1n) is 10.4. The van der Waals surface area contributed by atoms with Gasteiger partial charge in [-0.25, -0.2) is 4.98 Å². The second-order valence-electron chi connectivity index (χ2n) is 7.54. The van der Waals surface area contributed by atoms with Gasteiger partial charge >= 0.3 is 0 Å². The summed E-state index contributed by atoms with van der Waals surface area (Å²) in [5.74, 6) is 0.105. The molecule has 0 radical (unpaired) electrons. The predicted molar refractivity (Wildman–Crippen MR) is 123 cm³/mol. The Hall–Kier alpha value is -3.23. The van der Waals surface area contributed by atoms with Crippen molar-refractivity contribution in [3.63, 3.8) is 0 Å². The van der Waals surface area contributed by atoms with Crippen molar-refractivity contribution in [3.8, 4) is 17.0 Å². The number of methoxy groups -OCH3 is 1. The number of nitrogens with zero attached hydrogens (tertiary/aromatic N) is 2. The van der Waals surface area contributed by atoms with E-state index in [1.807, 2.05) is 42.6 Å². The first-order chi connectivity index (χ1) is 15.6. The summed E-state index contributed by atoms with van der Waals surface area (Å²) in [7, 11) is 1.53. The number of nitrogens with one attached hydrogen (secondary N) is 1. The number of ether oxygens (including phenoxy) is 2. The van der Waals surface area contributed by atoms with E-state index in [0.29, 0.717) is 36.1 Å². The molecule has 0 aliphatic carbocycles. The molecule has 166 valence electrons. The molecular weight excluding hydrogens is 426 g/mol. The third-order valence-corrected chi connectivity index (χ3v) is 6.20. The minimum atomic E-state index is -0.276. The van der Waals surface area contributed by atoms with Crippen LogP contribution in [0.1, 0.15) is 25.7 Å². The lowest BCUT2D eigenvalue weighted by atomic mass is 10.1. The summed E-state index contributed by atoms with van der Waals surface area (Å²) in [5, 5.41) is 5.24. The quantitative estimate of drug-likeness (QED) is 0.621. The third kappa shape index (κ3) is 4.81. The zero-order chi connectivity index (χ0) is 22.5. The Kier molecular flexibility index (Phi) is 6.82. The number of amides is 2. The van der Waals surface area contributed by atoms with Crippen LogP contribution in [0.5, 0.6) is 5.75 Å². The van der Waals surface area contributed by atoms with Gasteiger partial charge in [0, 0.05) is 24.0 Å². The number of hydrogen-bond acceptors (Lipinski definition) is 6. The second kappa shape index (κ2) is 9.93. The number of carbonyl (C=O) groups is 2. The minimum absolute atomic E-state index is 0.145. The second-order valence-corrected chi connectivity index (χ2v) is 8.40. The first kappa shape index (κ1) is 22.0. The number of rotatable bonds is 6. The zero-order valence-electron chi connectivity index (χ0n) is 18.0. The van der Waals surface area contributed by atoms with E-state index in [2.05, 4.69) is 10.3 Å². The van der Waals surface area contributed by atoms with Crippen LogP contribution >= 0.6 is 11.3 Å². The van der Waals surface area contributed by atoms with Crippen LogP contribution in [0.25, 0.3) is 11.3 Å². The highest BCUT2D eigenvalue weighted by atomic mass is 32.1. The molecule has 0 unspecified atom stereocenters. The average molecular weight is 452 g/mol. The fourth-order valence-electron chi connectivity index (χ4n) is 3.58. The van der Waals surface area contributed by atoms with Crippen LogP contribution in [0.4, 0.5) is 0 Å². The molecule has 3 aromatic rings. The number of para-hydroxylation sites is 1. The maximum absolute atomic E-state index is 13.2. The molecule has 8 heteroatoms. The van der Waals surface area contributed by atoms with Gasteiger partial charge in [0.15, 0.2) is 5.01 Å². The number of hydrogen-bond donors (Lipinski definition) is 1.